The summed E-state index contributed by atoms with van der Waals surface area (Å²) in [7, 11) is 1.58. The first kappa shape index (κ1) is 13.9. The number of thioether (sulfide) groups is 1. The summed E-state index contributed by atoms with van der Waals surface area (Å²) in [6, 6.07) is 5.36. The van der Waals surface area contributed by atoms with Crippen molar-refractivity contribution in [2.24, 2.45) is 0 Å². The van der Waals surface area contributed by atoms with Crippen LogP contribution in [0.25, 0.3) is 0 Å². The molecule has 1 aliphatic rings. The summed E-state index contributed by atoms with van der Waals surface area (Å²) in [6.07, 6.45) is 0.495. The van der Waals surface area contributed by atoms with Gasteiger partial charge in [0.1, 0.15) is 0 Å². The number of amides is 2. The SMILES string of the molecule is COCCNC(=O)c1ccc2c(c1)NC(=O)CCS2. The van der Waals surface area contributed by atoms with Gasteiger partial charge in [0, 0.05) is 36.3 Å². The Morgan fingerprint density at radius 1 is 1.53 bits per heavy atom. The lowest BCUT2D eigenvalue weighted by Gasteiger charge is -2.09. The Bertz CT molecular complexity index is 491. The van der Waals surface area contributed by atoms with E-state index >= 15 is 0 Å². The number of nitrogens with one attached hydrogen (secondary N) is 2. The van der Waals surface area contributed by atoms with Crippen molar-refractivity contribution in [3.05, 3.63) is 23.8 Å². The predicted molar refractivity (Wildman–Crippen MR) is 74.6 cm³/mol. The molecule has 0 unspecified atom stereocenters. The molecule has 2 rings (SSSR count). The van der Waals surface area contributed by atoms with Crippen LogP contribution in [0.2, 0.25) is 0 Å². The van der Waals surface area contributed by atoms with Gasteiger partial charge < -0.3 is 15.4 Å². The number of hydrogen-bond acceptors (Lipinski definition) is 4. The number of carbonyl (C=O) groups is 2. The molecule has 0 spiro atoms. The first-order chi connectivity index (χ1) is 9.20. The van der Waals surface area contributed by atoms with E-state index in [0.717, 1.165) is 10.6 Å². The maximum atomic E-state index is 11.9. The Morgan fingerprint density at radius 3 is 3.16 bits per heavy atom. The molecule has 2 N–H and O–H groups in total. The van der Waals surface area contributed by atoms with Gasteiger partial charge in [0.25, 0.3) is 5.91 Å². The Balaban J connectivity index is 2.11. The molecular weight excluding hydrogens is 264 g/mol. The van der Waals surface area contributed by atoms with Crippen molar-refractivity contribution in [1.82, 2.24) is 5.32 Å². The molecule has 6 heteroatoms. The molecule has 0 saturated heterocycles. The largest absolute Gasteiger partial charge is 0.383 e. The summed E-state index contributed by atoms with van der Waals surface area (Å²) in [5.74, 6) is 0.588. The van der Waals surface area contributed by atoms with Crippen LogP contribution in [0, 0.1) is 0 Å². The minimum atomic E-state index is -0.164. The van der Waals surface area contributed by atoms with E-state index in [1.54, 1.807) is 31.0 Å². The highest BCUT2D eigenvalue weighted by atomic mass is 32.2. The zero-order chi connectivity index (χ0) is 13.7. The summed E-state index contributed by atoms with van der Waals surface area (Å²) in [5.41, 5.74) is 1.25. The highest BCUT2D eigenvalue weighted by molar-refractivity contribution is 7.99. The number of benzene rings is 1. The van der Waals surface area contributed by atoms with Gasteiger partial charge in [0.15, 0.2) is 0 Å². The van der Waals surface area contributed by atoms with Crippen LogP contribution in [0.3, 0.4) is 0 Å². The summed E-state index contributed by atoms with van der Waals surface area (Å²) in [6.45, 7) is 0.941. The third-order valence-electron chi connectivity index (χ3n) is 2.69. The van der Waals surface area contributed by atoms with E-state index in [2.05, 4.69) is 10.6 Å². The molecule has 1 aromatic rings. The van der Waals surface area contributed by atoms with Gasteiger partial charge in [-0.25, -0.2) is 0 Å². The lowest BCUT2D eigenvalue weighted by molar-refractivity contribution is -0.115. The van der Waals surface area contributed by atoms with Gasteiger partial charge >= 0.3 is 0 Å². The Kier molecular flexibility index (Phi) is 4.81. The number of carbonyl (C=O) groups excluding carboxylic acids is 2. The highest BCUT2D eigenvalue weighted by Gasteiger charge is 2.15. The van der Waals surface area contributed by atoms with Crippen molar-refractivity contribution in [3.63, 3.8) is 0 Å². The molecule has 0 atom stereocenters. The molecule has 1 aliphatic heterocycles. The molecule has 0 fully saturated rings. The van der Waals surface area contributed by atoms with Crippen molar-refractivity contribution in [2.45, 2.75) is 11.3 Å². The van der Waals surface area contributed by atoms with Crippen LogP contribution in [0.15, 0.2) is 23.1 Å². The van der Waals surface area contributed by atoms with Gasteiger partial charge in [-0.2, -0.15) is 0 Å². The number of ether oxygens (including phenoxy) is 1. The lowest BCUT2D eigenvalue weighted by Crippen LogP contribution is -2.27. The molecule has 0 saturated carbocycles. The molecule has 19 heavy (non-hydrogen) atoms. The number of rotatable bonds is 4. The summed E-state index contributed by atoms with van der Waals surface area (Å²) in [5, 5.41) is 5.57. The molecule has 1 aromatic carbocycles. The summed E-state index contributed by atoms with van der Waals surface area (Å²) < 4.78 is 4.87. The van der Waals surface area contributed by atoms with E-state index in [1.165, 1.54) is 0 Å². The van der Waals surface area contributed by atoms with E-state index in [9.17, 15) is 9.59 Å². The third kappa shape index (κ3) is 3.71. The third-order valence-corrected chi connectivity index (χ3v) is 3.77. The standard InChI is InChI=1S/C13H16N2O3S/c1-18-6-5-14-13(17)9-2-3-11-10(8-9)15-12(16)4-7-19-11/h2-3,8H,4-7H2,1H3,(H,14,17)(H,15,16). The van der Waals surface area contributed by atoms with E-state index in [4.69, 9.17) is 4.74 Å². The van der Waals surface area contributed by atoms with Gasteiger partial charge in [-0.1, -0.05) is 0 Å². The smallest absolute Gasteiger partial charge is 0.251 e. The minimum Gasteiger partial charge on any atom is -0.383 e. The molecule has 1 heterocycles. The Morgan fingerprint density at radius 2 is 2.37 bits per heavy atom. The number of fused-ring (bicyclic) bond motifs is 1. The van der Waals surface area contributed by atoms with Crippen LogP contribution in [-0.4, -0.2) is 37.8 Å². The van der Waals surface area contributed by atoms with Crippen LogP contribution >= 0.6 is 11.8 Å². The van der Waals surface area contributed by atoms with Crippen molar-refractivity contribution in [3.8, 4) is 0 Å². The van der Waals surface area contributed by atoms with Crippen LogP contribution in [0.4, 0.5) is 5.69 Å². The fourth-order valence-electron chi connectivity index (χ4n) is 1.73. The molecule has 0 aliphatic carbocycles. The monoisotopic (exact) mass is 280 g/mol. The van der Waals surface area contributed by atoms with Gasteiger partial charge in [-0.05, 0) is 18.2 Å². The Hall–Kier alpha value is -1.53. The van der Waals surface area contributed by atoms with Crippen LogP contribution in [0.1, 0.15) is 16.8 Å². The molecule has 0 aromatic heterocycles. The zero-order valence-corrected chi connectivity index (χ0v) is 11.5. The van der Waals surface area contributed by atoms with Gasteiger partial charge in [0.05, 0.1) is 12.3 Å². The Labute approximate surface area is 116 Å². The maximum absolute atomic E-state index is 11.9. The summed E-state index contributed by atoms with van der Waals surface area (Å²) in [4.78, 5) is 24.4. The van der Waals surface area contributed by atoms with Crippen LogP contribution < -0.4 is 10.6 Å². The number of anilines is 1. The van der Waals surface area contributed by atoms with Gasteiger partial charge in [-0.3, -0.25) is 9.59 Å². The first-order valence-electron chi connectivity index (χ1n) is 6.04. The predicted octanol–water partition coefficient (Wildman–Crippen LogP) is 1.50. The number of methoxy groups -OCH3 is 1. The second-order valence-electron chi connectivity index (χ2n) is 4.11. The lowest BCUT2D eigenvalue weighted by atomic mass is 10.2. The van der Waals surface area contributed by atoms with E-state index < -0.39 is 0 Å². The second-order valence-corrected chi connectivity index (χ2v) is 5.24. The fourth-order valence-corrected chi connectivity index (χ4v) is 2.67. The average Bonchev–Trinajstić information content (AvgIpc) is 2.58. The molecule has 5 nitrogen and oxygen atoms in total. The zero-order valence-electron chi connectivity index (χ0n) is 10.7. The quantitative estimate of drug-likeness (QED) is 0.820. The van der Waals surface area contributed by atoms with Crippen molar-refractivity contribution < 1.29 is 14.3 Å². The van der Waals surface area contributed by atoms with Crippen LogP contribution in [0.5, 0.6) is 0 Å². The van der Waals surface area contributed by atoms with E-state index in [0.29, 0.717) is 30.8 Å². The maximum Gasteiger partial charge on any atom is 0.251 e. The molecular formula is C13H16N2O3S. The van der Waals surface area contributed by atoms with Crippen LogP contribution in [-0.2, 0) is 9.53 Å². The molecule has 2 amide bonds. The van der Waals surface area contributed by atoms with E-state index in [1.807, 2.05) is 6.07 Å². The molecule has 102 valence electrons. The topological polar surface area (TPSA) is 67.4 Å². The normalized spacial score (nSPS) is 14.3. The first-order valence-corrected chi connectivity index (χ1v) is 7.03. The van der Waals surface area contributed by atoms with Crippen molar-refractivity contribution >= 4 is 29.3 Å². The minimum absolute atomic E-state index is 0.0109. The van der Waals surface area contributed by atoms with Crippen molar-refractivity contribution in [2.75, 3.05) is 31.3 Å². The fraction of sp³-hybridized carbons (Fsp3) is 0.385. The average molecular weight is 280 g/mol. The highest BCUT2D eigenvalue weighted by Crippen LogP contribution is 2.31. The molecule has 0 bridgehead atoms. The summed E-state index contributed by atoms with van der Waals surface area (Å²) >= 11 is 1.62. The molecule has 0 radical (unpaired) electrons. The van der Waals surface area contributed by atoms with Gasteiger partial charge in [0.2, 0.25) is 5.91 Å². The second kappa shape index (κ2) is 6.58. The van der Waals surface area contributed by atoms with Crippen molar-refractivity contribution in [1.29, 1.82) is 0 Å². The van der Waals surface area contributed by atoms with Gasteiger partial charge in [-0.15, -0.1) is 11.8 Å². The van der Waals surface area contributed by atoms with E-state index in [-0.39, 0.29) is 11.8 Å². The number of hydrogen-bond donors (Lipinski definition) is 2.